The van der Waals surface area contributed by atoms with Crippen molar-refractivity contribution in [2.75, 3.05) is 0 Å². The first-order valence-corrected chi connectivity index (χ1v) is 26.6. The molecule has 3 N–H and O–H groups in total. The maximum atomic E-state index is 10.7. The fraction of sp³-hybridized carbons (Fsp3) is 0.0182. The maximum absolute atomic E-state index is 10.7. The summed E-state index contributed by atoms with van der Waals surface area (Å²) in [6, 6.07) is 97.5. The van der Waals surface area contributed by atoms with Crippen LogP contribution >= 0.6 is 23.8 Å². The van der Waals surface area contributed by atoms with Crippen LogP contribution in [0.4, 0.5) is 13.2 Å². The molecule has 0 aliphatic carbocycles. The second kappa shape index (κ2) is 32.2. The minimum Gasteiger partial charge on any atom is -0.741 e. The summed E-state index contributed by atoms with van der Waals surface area (Å²) in [5.41, 5.74) is -5.65. The van der Waals surface area contributed by atoms with Crippen molar-refractivity contribution in [3.63, 3.8) is 0 Å². The maximum Gasteiger partial charge on any atom is 0.485 e. The summed E-state index contributed by atoms with van der Waals surface area (Å²) in [5, 5.41) is 12.9. The van der Waals surface area contributed by atoms with Crippen LogP contribution in [0.5, 0.6) is 0 Å². The van der Waals surface area contributed by atoms with Crippen molar-refractivity contribution in [2.45, 2.75) is 5.51 Å². The molecule has 0 saturated heterocycles. The third-order valence-electron chi connectivity index (χ3n) is 9.85. The van der Waals surface area contributed by atoms with Crippen molar-refractivity contribution in [1.29, 1.82) is 0 Å². The van der Waals surface area contributed by atoms with E-state index < -0.39 is 39.4 Å². The molecule has 0 unspecified atom stereocenters. The number of alkyl halides is 3. The molecule has 4 nitrogen and oxygen atoms in total. The first kappa shape index (κ1) is 61.3. The van der Waals surface area contributed by atoms with Crippen LogP contribution in [0.2, 0.25) is 0 Å². The smallest absolute Gasteiger partial charge is 0.485 e. The fourth-order valence-corrected chi connectivity index (χ4v) is 14.7. The van der Waals surface area contributed by atoms with Crippen molar-refractivity contribution in [1.82, 2.24) is 0 Å². The SMILES string of the molecule is O=S(=O)([O-])C(F)(F)F.[Au].[Au].[Au].[OH3+].c1ccc([PH+](c2ccccc2)c2ccccc2)cc1.c1ccc([PH+](c2ccccc2)c2ccccc2)cc1.c1ccc([PH+](c2ccccc2)c2ccccc2)cc1. The van der Waals surface area contributed by atoms with E-state index in [-0.39, 0.29) is 72.6 Å². The summed E-state index contributed by atoms with van der Waals surface area (Å²) < 4.78 is 58.9. The molecule has 69 heavy (non-hydrogen) atoms. The largest absolute Gasteiger partial charge is 0.741 e. The molecular formula is C55H51Au3F3O4P3S+3. The van der Waals surface area contributed by atoms with Gasteiger partial charge in [-0.1, -0.05) is 164 Å². The average molecular weight is 1550 g/mol. The molecule has 0 aromatic heterocycles. The van der Waals surface area contributed by atoms with E-state index in [0.29, 0.717) is 0 Å². The quantitative estimate of drug-likeness (QED) is 0.0477. The van der Waals surface area contributed by atoms with Crippen molar-refractivity contribution >= 4 is 81.6 Å². The van der Waals surface area contributed by atoms with Gasteiger partial charge in [-0.15, -0.1) is 0 Å². The number of hydrogen-bond donors (Lipinski definition) is 0. The van der Waals surface area contributed by atoms with Gasteiger partial charge in [0, 0.05) is 67.1 Å². The van der Waals surface area contributed by atoms with Crippen LogP contribution in [0, 0.1) is 0 Å². The van der Waals surface area contributed by atoms with Crippen molar-refractivity contribution in [3.05, 3.63) is 273 Å². The third-order valence-corrected chi connectivity index (χ3v) is 18.6. The summed E-state index contributed by atoms with van der Waals surface area (Å²) >= 11 is 0. The van der Waals surface area contributed by atoms with Gasteiger partial charge in [-0.05, 0) is 109 Å². The van der Waals surface area contributed by atoms with E-state index in [9.17, 15) is 13.2 Å². The summed E-state index contributed by atoms with van der Waals surface area (Å²) in [6.07, 6.45) is 0. The van der Waals surface area contributed by atoms with E-state index in [1.54, 1.807) is 0 Å². The van der Waals surface area contributed by atoms with Crippen LogP contribution in [0.25, 0.3) is 0 Å². The molecule has 9 rings (SSSR count). The molecule has 0 heterocycles. The summed E-state index contributed by atoms with van der Waals surface area (Å²) in [7, 11) is -8.72. The van der Waals surface area contributed by atoms with Crippen LogP contribution in [-0.4, -0.2) is 18.5 Å². The fourth-order valence-electron chi connectivity index (χ4n) is 6.94. The monoisotopic (exact) mass is 1550 g/mol. The molecule has 0 saturated carbocycles. The molecule has 0 atom stereocenters. The van der Waals surface area contributed by atoms with Gasteiger partial charge in [0.1, 0.15) is 47.7 Å². The van der Waals surface area contributed by atoms with Crippen molar-refractivity contribution < 1.29 is 98.8 Å². The normalized spacial score (nSPS) is 10.4. The molecule has 0 aliphatic heterocycles. The molecule has 14 heteroatoms. The van der Waals surface area contributed by atoms with Gasteiger partial charge >= 0.3 is 5.51 Å². The first-order valence-electron chi connectivity index (χ1n) is 20.7. The number of hydrogen-bond acceptors (Lipinski definition) is 3. The van der Waals surface area contributed by atoms with Crippen LogP contribution in [-0.2, 0) is 82.7 Å². The van der Waals surface area contributed by atoms with E-state index in [4.69, 9.17) is 13.0 Å². The Morgan fingerprint density at radius 2 is 0.362 bits per heavy atom. The van der Waals surface area contributed by atoms with E-state index in [2.05, 4.69) is 273 Å². The van der Waals surface area contributed by atoms with Gasteiger partial charge in [0.25, 0.3) is 0 Å². The van der Waals surface area contributed by atoms with Crippen LogP contribution in [0.15, 0.2) is 273 Å². The Morgan fingerprint density at radius 3 is 0.435 bits per heavy atom. The van der Waals surface area contributed by atoms with Crippen LogP contribution < -0.4 is 47.7 Å². The third kappa shape index (κ3) is 19.4. The summed E-state index contributed by atoms with van der Waals surface area (Å²) in [5.74, 6) is 0. The van der Waals surface area contributed by atoms with E-state index in [1.807, 2.05) is 0 Å². The minimum atomic E-state index is -6.09. The van der Waals surface area contributed by atoms with Gasteiger partial charge in [0.05, 0.1) is 23.8 Å². The Labute approximate surface area is 454 Å². The number of halogens is 3. The van der Waals surface area contributed by atoms with Gasteiger partial charge in [-0.2, -0.15) is 13.2 Å². The topological polar surface area (TPSA) is 90.2 Å². The first-order chi connectivity index (χ1) is 31.6. The van der Waals surface area contributed by atoms with Gasteiger partial charge in [0.15, 0.2) is 10.1 Å². The average Bonchev–Trinajstić information content (AvgIpc) is 3.35. The predicted molar refractivity (Wildman–Crippen MR) is 280 cm³/mol. The standard InChI is InChI=1S/3C18H15P.CHF3O3S.3Au.H2O/c3*1-4-10-16(11-5-1)19(17-12-6-2-7-13-17)18-14-8-3-9-15-18;2-1(3,4)8(5,6)7;;;;/h3*1-15H;(H,5,6,7);;;;1H2/p+3. The van der Waals surface area contributed by atoms with E-state index in [0.717, 1.165) is 0 Å². The van der Waals surface area contributed by atoms with Gasteiger partial charge in [-0.3, -0.25) is 0 Å². The van der Waals surface area contributed by atoms with E-state index in [1.165, 1.54) is 47.7 Å². The molecule has 0 aliphatic rings. The van der Waals surface area contributed by atoms with Gasteiger partial charge < -0.3 is 10.0 Å². The van der Waals surface area contributed by atoms with Crippen LogP contribution in [0.1, 0.15) is 0 Å². The zero-order chi connectivity index (χ0) is 45.7. The zero-order valence-corrected chi connectivity index (χ0v) is 47.0. The molecule has 0 bridgehead atoms. The van der Waals surface area contributed by atoms with Crippen molar-refractivity contribution in [3.8, 4) is 0 Å². The number of benzene rings is 9. The Hall–Kier alpha value is -3.85. The zero-order valence-electron chi connectivity index (χ0n) is 36.7. The van der Waals surface area contributed by atoms with Crippen LogP contribution in [0.3, 0.4) is 0 Å². The summed E-state index contributed by atoms with van der Waals surface area (Å²) in [4.78, 5) is 0. The number of rotatable bonds is 9. The van der Waals surface area contributed by atoms with Gasteiger partial charge in [-0.25, -0.2) is 8.42 Å². The molecule has 9 aromatic rings. The molecule has 0 spiro atoms. The van der Waals surface area contributed by atoms with Gasteiger partial charge in [0.2, 0.25) is 0 Å². The van der Waals surface area contributed by atoms with Crippen molar-refractivity contribution in [2.24, 2.45) is 0 Å². The van der Waals surface area contributed by atoms with E-state index >= 15 is 0 Å². The molecule has 0 fully saturated rings. The molecule has 3 radical (unpaired) electrons. The molecule has 9 aromatic carbocycles. The Kier molecular flexibility index (Phi) is 28.6. The molecule has 0 amide bonds. The second-order valence-electron chi connectivity index (χ2n) is 14.3. The predicted octanol–water partition coefficient (Wildman–Crippen LogP) is 8.65. The second-order valence-corrected chi connectivity index (χ2v) is 23.1. The molecular weight excluding hydrogens is 1500 g/mol. The Balaban J connectivity index is 0.000000321. The minimum absolute atomic E-state index is 0. The Bertz CT molecular complexity index is 2260. The summed E-state index contributed by atoms with van der Waals surface area (Å²) in [6.45, 7) is 0. The molecule has 367 valence electrons. The Morgan fingerprint density at radius 1 is 0.275 bits per heavy atom.